The molecule has 0 amide bonds. The summed E-state index contributed by atoms with van der Waals surface area (Å²) >= 11 is 0. The van der Waals surface area contributed by atoms with Gasteiger partial charge in [0.05, 0.1) is 0 Å². The molecule has 0 fully saturated rings. The van der Waals surface area contributed by atoms with E-state index in [2.05, 4.69) is 59.9 Å². The Morgan fingerprint density at radius 1 is 0.900 bits per heavy atom. The number of rotatable bonds is 5. The normalized spacial score (nSPS) is 17.7. The lowest BCUT2D eigenvalue weighted by Crippen LogP contribution is -2.35. The van der Waals surface area contributed by atoms with Crippen LogP contribution in [0.4, 0.5) is 0 Å². The predicted octanol–water partition coefficient (Wildman–Crippen LogP) is 3.77. The number of aryl methyl sites for hydroxylation is 2. The van der Waals surface area contributed by atoms with Crippen molar-refractivity contribution in [1.82, 2.24) is 5.32 Å². The zero-order valence-corrected chi connectivity index (χ0v) is 12.0. The Morgan fingerprint density at radius 2 is 1.65 bits per heavy atom. The zero-order valence-electron chi connectivity index (χ0n) is 12.0. The topological polar surface area (TPSA) is 12.0 Å². The molecule has 2 aromatic carbocycles. The van der Waals surface area contributed by atoms with E-state index in [1.165, 1.54) is 37.7 Å². The molecular weight excluding hydrogens is 242 g/mol. The van der Waals surface area contributed by atoms with Crippen molar-refractivity contribution in [2.24, 2.45) is 0 Å². The van der Waals surface area contributed by atoms with Crippen LogP contribution in [0.25, 0.3) is 0 Å². The second kappa shape index (κ2) is 6.71. The molecule has 1 aliphatic carbocycles. The molecule has 1 N–H and O–H groups in total. The molecule has 0 saturated heterocycles. The van der Waals surface area contributed by atoms with E-state index in [0.29, 0.717) is 6.04 Å². The molecule has 20 heavy (non-hydrogen) atoms. The molecule has 3 rings (SSSR count). The van der Waals surface area contributed by atoms with Crippen LogP contribution in [0.2, 0.25) is 0 Å². The standard InChI is InChI=1S/C19H23N/c1-2-7-16(8-3-1)9-6-14-20-19-13-12-17-10-4-5-11-18(17)15-19/h1-5,7-8,10-11,19-20H,6,9,12-15H2/t19-/m0/s1. The number of fused-ring (bicyclic) bond motifs is 1. The van der Waals surface area contributed by atoms with Crippen molar-refractivity contribution in [3.8, 4) is 0 Å². The Kier molecular flexibility index (Phi) is 4.49. The quantitative estimate of drug-likeness (QED) is 0.812. The van der Waals surface area contributed by atoms with Gasteiger partial charge < -0.3 is 5.32 Å². The van der Waals surface area contributed by atoms with Crippen LogP contribution in [0, 0.1) is 0 Å². The largest absolute Gasteiger partial charge is 0.314 e. The number of nitrogens with one attached hydrogen (secondary N) is 1. The number of benzene rings is 2. The summed E-state index contributed by atoms with van der Waals surface area (Å²) in [6, 6.07) is 20.3. The molecule has 1 aliphatic rings. The monoisotopic (exact) mass is 265 g/mol. The van der Waals surface area contributed by atoms with Crippen LogP contribution in [-0.2, 0) is 19.3 Å². The fourth-order valence-electron chi connectivity index (χ4n) is 3.12. The van der Waals surface area contributed by atoms with Gasteiger partial charge in [-0.2, -0.15) is 0 Å². The maximum absolute atomic E-state index is 3.73. The van der Waals surface area contributed by atoms with Crippen molar-refractivity contribution in [3.05, 3.63) is 71.3 Å². The van der Waals surface area contributed by atoms with Crippen LogP contribution in [0.15, 0.2) is 54.6 Å². The van der Waals surface area contributed by atoms with Gasteiger partial charge in [-0.05, 0) is 55.3 Å². The van der Waals surface area contributed by atoms with Gasteiger partial charge in [0, 0.05) is 6.04 Å². The minimum Gasteiger partial charge on any atom is -0.314 e. The molecule has 0 bridgehead atoms. The summed E-state index contributed by atoms with van der Waals surface area (Å²) in [5, 5.41) is 3.73. The third-order valence-electron chi connectivity index (χ3n) is 4.26. The van der Waals surface area contributed by atoms with Crippen LogP contribution in [0.1, 0.15) is 29.5 Å². The highest BCUT2D eigenvalue weighted by atomic mass is 14.9. The Morgan fingerprint density at radius 3 is 2.50 bits per heavy atom. The lowest BCUT2D eigenvalue weighted by atomic mass is 9.88. The molecule has 0 radical (unpaired) electrons. The first kappa shape index (κ1) is 13.4. The third-order valence-corrected chi connectivity index (χ3v) is 4.26. The Bertz CT molecular complexity index is 532. The van der Waals surface area contributed by atoms with Crippen LogP contribution < -0.4 is 5.32 Å². The first-order valence-corrected chi connectivity index (χ1v) is 7.76. The van der Waals surface area contributed by atoms with Crippen LogP contribution in [-0.4, -0.2) is 12.6 Å². The second-order valence-corrected chi connectivity index (χ2v) is 5.75. The Labute approximate surface area is 122 Å². The van der Waals surface area contributed by atoms with Gasteiger partial charge in [-0.25, -0.2) is 0 Å². The average Bonchev–Trinajstić information content (AvgIpc) is 2.52. The van der Waals surface area contributed by atoms with Gasteiger partial charge in [-0.3, -0.25) is 0 Å². The van der Waals surface area contributed by atoms with E-state index < -0.39 is 0 Å². The molecule has 2 aromatic rings. The van der Waals surface area contributed by atoms with Crippen LogP contribution >= 0.6 is 0 Å². The molecule has 0 saturated carbocycles. The van der Waals surface area contributed by atoms with Crippen molar-refractivity contribution in [3.63, 3.8) is 0 Å². The van der Waals surface area contributed by atoms with Gasteiger partial charge in [0.2, 0.25) is 0 Å². The number of hydrogen-bond donors (Lipinski definition) is 1. The minimum absolute atomic E-state index is 0.667. The molecule has 0 aromatic heterocycles. The highest BCUT2D eigenvalue weighted by molar-refractivity contribution is 5.30. The fraction of sp³-hybridized carbons (Fsp3) is 0.368. The SMILES string of the molecule is c1ccc(CCCN[C@H]2CCc3ccccc3C2)cc1. The van der Waals surface area contributed by atoms with E-state index in [4.69, 9.17) is 0 Å². The summed E-state index contributed by atoms with van der Waals surface area (Å²) in [6.45, 7) is 1.13. The highest BCUT2D eigenvalue weighted by Crippen LogP contribution is 2.20. The van der Waals surface area contributed by atoms with Crippen molar-refractivity contribution < 1.29 is 0 Å². The first-order chi connectivity index (χ1) is 9.92. The van der Waals surface area contributed by atoms with E-state index in [0.717, 1.165) is 6.54 Å². The van der Waals surface area contributed by atoms with Crippen molar-refractivity contribution in [2.45, 2.75) is 38.1 Å². The average molecular weight is 265 g/mol. The maximum atomic E-state index is 3.73. The van der Waals surface area contributed by atoms with Gasteiger partial charge in [0.15, 0.2) is 0 Å². The van der Waals surface area contributed by atoms with Gasteiger partial charge in [-0.1, -0.05) is 54.6 Å². The minimum atomic E-state index is 0.667. The van der Waals surface area contributed by atoms with Crippen molar-refractivity contribution >= 4 is 0 Å². The summed E-state index contributed by atoms with van der Waals surface area (Å²) in [6.07, 6.45) is 6.11. The molecule has 0 heterocycles. The lowest BCUT2D eigenvalue weighted by Gasteiger charge is -2.25. The van der Waals surface area contributed by atoms with E-state index in [1.54, 1.807) is 11.1 Å². The van der Waals surface area contributed by atoms with E-state index >= 15 is 0 Å². The van der Waals surface area contributed by atoms with Gasteiger partial charge in [0.25, 0.3) is 0 Å². The molecule has 0 unspecified atom stereocenters. The molecule has 104 valence electrons. The summed E-state index contributed by atoms with van der Waals surface area (Å²) in [4.78, 5) is 0. The zero-order chi connectivity index (χ0) is 13.6. The molecule has 0 aliphatic heterocycles. The lowest BCUT2D eigenvalue weighted by molar-refractivity contribution is 0.454. The molecule has 1 nitrogen and oxygen atoms in total. The summed E-state index contributed by atoms with van der Waals surface area (Å²) < 4.78 is 0. The molecule has 1 heteroatoms. The van der Waals surface area contributed by atoms with Gasteiger partial charge in [0.1, 0.15) is 0 Å². The smallest absolute Gasteiger partial charge is 0.0111 e. The Hall–Kier alpha value is -1.60. The van der Waals surface area contributed by atoms with Crippen molar-refractivity contribution in [1.29, 1.82) is 0 Å². The van der Waals surface area contributed by atoms with Crippen molar-refractivity contribution in [2.75, 3.05) is 6.54 Å². The first-order valence-electron chi connectivity index (χ1n) is 7.76. The fourth-order valence-corrected chi connectivity index (χ4v) is 3.12. The van der Waals surface area contributed by atoms with Gasteiger partial charge >= 0.3 is 0 Å². The number of hydrogen-bond acceptors (Lipinski definition) is 1. The Balaban J connectivity index is 1.42. The highest BCUT2D eigenvalue weighted by Gasteiger charge is 2.16. The second-order valence-electron chi connectivity index (χ2n) is 5.75. The van der Waals surface area contributed by atoms with Gasteiger partial charge in [-0.15, -0.1) is 0 Å². The van der Waals surface area contributed by atoms with E-state index in [-0.39, 0.29) is 0 Å². The van der Waals surface area contributed by atoms with E-state index in [1.807, 2.05) is 0 Å². The third kappa shape index (κ3) is 3.49. The molecule has 0 spiro atoms. The van der Waals surface area contributed by atoms with E-state index in [9.17, 15) is 0 Å². The molecular formula is C19H23N. The summed E-state index contributed by atoms with van der Waals surface area (Å²) in [5.41, 5.74) is 4.54. The predicted molar refractivity (Wildman–Crippen MR) is 85.0 cm³/mol. The molecule has 1 atom stereocenters. The maximum Gasteiger partial charge on any atom is 0.0111 e. The van der Waals surface area contributed by atoms with Crippen LogP contribution in [0.5, 0.6) is 0 Å². The summed E-state index contributed by atoms with van der Waals surface area (Å²) in [5.74, 6) is 0. The van der Waals surface area contributed by atoms with Crippen LogP contribution in [0.3, 0.4) is 0 Å². The summed E-state index contributed by atoms with van der Waals surface area (Å²) in [7, 11) is 0.